The second-order valence-corrected chi connectivity index (χ2v) is 7.43. The van der Waals surface area contributed by atoms with Crippen LogP contribution in [-0.4, -0.2) is 50.1 Å². The number of hydrogen-bond donors (Lipinski definition) is 1. The Balaban J connectivity index is 1.51. The molecule has 0 radical (unpaired) electrons. The first-order valence-corrected chi connectivity index (χ1v) is 9.93. The van der Waals surface area contributed by atoms with E-state index in [1.54, 1.807) is 25.3 Å². The summed E-state index contributed by atoms with van der Waals surface area (Å²) >= 11 is 6.01. The number of methoxy groups -OCH3 is 2. The summed E-state index contributed by atoms with van der Waals surface area (Å²) in [4.78, 5) is 27.0. The van der Waals surface area contributed by atoms with Crippen LogP contribution in [0.1, 0.15) is 28.8 Å². The average Bonchev–Trinajstić information content (AvgIpc) is 2.74. The first-order valence-electron chi connectivity index (χ1n) is 9.55. The van der Waals surface area contributed by atoms with E-state index in [-0.39, 0.29) is 17.9 Å². The number of nitrogens with one attached hydrogen (secondary N) is 1. The van der Waals surface area contributed by atoms with E-state index in [0.717, 1.165) is 11.3 Å². The third kappa shape index (κ3) is 5.41. The van der Waals surface area contributed by atoms with Crippen molar-refractivity contribution in [2.45, 2.75) is 25.3 Å². The van der Waals surface area contributed by atoms with E-state index in [2.05, 4.69) is 5.32 Å². The maximum Gasteiger partial charge on any atom is 0.255 e. The van der Waals surface area contributed by atoms with Crippen LogP contribution in [-0.2, 0) is 11.2 Å². The van der Waals surface area contributed by atoms with Crippen LogP contribution in [0.25, 0.3) is 0 Å². The fourth-order valence-corrected chi connectivity index (χ4v) is 3.60. The van der Waals surface area contributed by atoms with Gasteiger partial charge in [-0.3, -0.25) is 9.59 Å². The first-order chi connectivity index (χ1) is 14.0. The zero-order valence-electron chi connectivity index (χ0n) is 16.6. The Labute approximate surface area is 175 Å². The van der Waals surface area contributed by atoms with Crippen molar-refractivity contribution < 1.29 is 19.1 Å². The summed E-state index contributed by atoms with van der Waals surface area (Å²) in [5, 5.41) is 3.51. The number of carbonyl (C=O) groups is 2. The number of piperidine rings is 1. The summed E-state index contributed by atoms with van der Waals surface area (Å²) in [5.74, 6) is 1.14. The number of hydrogen-bond acceptors (Lipinski definition) is 4. The molecule has 7 heteroatoms. The predicted molar refractivity (Wildman–Crippen MR) is 112 cm³/mol. The SMILES string of the molecule is COc1ccc(CC(=O)N2CCC(NC(=O)c3cc(Cl)ccc3OC)CC2)cc1. The number of ether oxygens (including phenoxy) is 2. The highest BCUT2D eigenvalue weighted by molar-refractivity contribution is 6.31. The van der Waals surface area contributed by atoms with Crippen molar-refractivity contribution in [1.82, 2.24) is 10.2 Å². The molecule has 1 heterocycles. The molecule has 0 saturated carbocycles. The van der Waals surface area contributed by atoms with Gasteiger partial charge in [-0.1, -0.05) is 23.7 Å². The lowest BCUT2D eigenvalue weighted by molar-refractivity contribution is -0.131. The monoisotopic (exact) mass is 416 g/mol. The summed E-state index contributed by atoms with van der Waals surface area (Å²) in [7, 11) is 3.14. The molecule has 0 aromatic heterocycles. The highest BCUT2D eigenvalue weighted by Gasteiger charge is 2.25. The molecule has 1 saturated heterocycles. The fraction of sp³-hybridized carbons (Fsp3) is 0.364. The highest BCUT2D eigenvalue weighted by Crippen LogP contribution is 2.23. The second-order valence-electron chi connectivity index (χ2n) is 7.00. The molecule has 0 bridgehead atoms. The quantitative estimate of drug-likeness (QED) is 0.784. The van der Waals surface area contributed by atoms with Crippen molar-refractivity contribution in [2.75, 3.05) is 27.3 Å². The van der Waals surface area contributed by atoms with E-state index in [4.69, 9.17) is 21.1 Å². The number of carbonyl (C=O) groups excluding carboxylic acids is 2. The van der Waals surface area contributed by atoms with Gasteiger partial charge < -0.3 is 19.7 Å². The molecule has 6 nitrogen and oxygen atoms in total. The Morgan fingerprint density at radius 3 is 2.38 bits per heavy atom. The molecule has 0 atom stereocenters. The Morgan fingerprint density at radius 1 is 1.07 bits per heavy atom. The maximum absolute atomic E-state index is 12.6. The van der Waals surface area contributed by atoms with Gasteiger partial charge in [0.2, 0.25) is 5.91 Å². The molecular formula is C22H25ClN2O4. The molecular weight excluding hydrogens is 392 g/mol. The van der Waals surface area contributed by atoms with E-state index in [9.17, 15) is 9.59 Å². The zero-order chi connectivity index (χ0) is 20.8. The third-order valence-corrected chi connectivity index (χ3v) is 5.34. The molecule has 154 valence electrons. The highest BCUT2D eigenvalue weighted by atomic mass is 35.5. The van der Waals surface area contributed by atoms with Gasteiger partial charge in [0.25, 0.3) is 5.91 Å². The van der Waals surface area contributed by atoms with E-state index < -0.39 is 0 Å². The van der Waals surface area contributed by atoms with Gasteiger partial charge in [0.15, 0.2) is 0 Å². The molecule has 2 aromatic carbocycles. The lowest BCUT2D eigenvalue weighted by atomic mass is 10.0. The van der Waals surface area contributed by atoms with Gasteiger partial charge in [-0.2, -0.15) is 0 Å². The Hall–Kier alpha value is -2.73. The van der Waals surface area contributed by atoms with Crippen LogP contribution in [0.5, 0.6) is 11.5 Å². The standard InChI is InChI=1S/C22H25ClN2O4/c1-28-18-6-3-15(4-7-18)13-21(26)25-11-9-17(10-12-25)24-22(27)19-14-16(23)5-8-20(19)29-2/h3-8,14,17H,9-13H2,1-2H3,(H,24,27). The molecule has 1 fully saturated rings. The lowest BCUT2D eigenvalue weighted by Crippen LogP contribution is -2.47. The largest absolute Gasteiger partial charge is 0.497 e. The van der Waals surface area contributed by atoms with Crippen molar-refractivity contribution in [3.63, 3.8) is 0 Å². The molecule has 1 aliphatic heterocycles. The minimum absolute atomic E-state index is 0.0104. The van der Waals surface area contributed by atoms with E-state index in [0.29, 0.717) is 48.7 Å². The number of benzene rings is 2. The summed E-state index contributed by atoms with van der Waals surface area (Å²) < 4.78 is 10.4. The summed E-state index contributed by atoms with van der Waals surface area (Å²) in [6.45, 7) is 1.24. The van der Waals surface area contributed by atoms with Crippen LogP contribution in [0, 0.1) is 0 Å². The van der Waals surface area contributed by atoms with Gasteiger partial charge in [-0.05, 0) is 48.7 Å². The van der Waals surface area contributed by atoms with Crippen LogP contribution in [0.2, 0.25) is 5.02 Å². The van der Waals surface area contributed by atoms with Crippen molar-refractivity contribution >= 4 is 23.4 Å². The molecule has 3 rings (SSSR count). The Bertz CT molecular complexity index is 862. The van der Waals surface area contributed by atoms with Crippen LogP contribution in [0.3, 0.4) is 0 Å². The molecule has 1 aliphatic rings. The lowest BCUT2D eigenvalue weighted by Gasteiger charge is -2.32. The van der Waals surface area contributed by atoms with Crippen molar-refractivity contribution in [3.05, 3.63) is 58.6 Å². The van der Waals surface area contributed by atoms with Crippen LogP contribution in [0.15, 0.2) is 42.5 Å². The molecule has 2 amide bonds. The third-order valence-electron chi connectivity index (χ3n) is 5.10. The van der Waals surface area contributed by atoms with Gasteiger partial charge in [0, 0.05) is 24.2 Å². The average molecular weight is 417 g/mol. The summed E-state index contributed by atoms with van der Waals surface area (Å²) in [5.41, 5.74) is 1.37. The van der Waals surface area contributed by atoms with E-state index in [1.807, 2.05) is 29.2 Å². The van der Waals surface area contributed by atoms with Crippen LogP contribution >= 0.6 is 11.6 Å². The van der Waals surface area contributed by atoms with Gasteiger partial charge >= 0.3 is 0 Å². The molecule has 29 heavy (non-hydrogen) atoms. The first kappa shape index (κ1) is 21.0. The molecule has 0 unspecified atom stereocenters. The molecule has 0 spiro atoms. The van der Waals surface area contributed by atoms with Gasteiger partial charge in [0.1, 0.15) is 11.5 Å². The van der Waals surface area contributed by atoms with Gasteiger partial charge in [-0.15, -0.1) is 0 Å². The van der Waals surface area contributed by atoms with E-state index >= 15 is 0 Å². The maximum atomic E-state index is 12.6. The van der Waals surface area contributed by atoms with Crippen LogP contribution < -0.4 is 14.8 Å². The number of likely N-dealkylation sites (tertiary alicyclic amines) is 1. The Kier molecular flexibility index (Phi) is 6.99. The number of nitrogens with zero attached hydrogens (tertiary/aromatic N) is 1. The minimum Gasteiger partial charge on any atom is -0.497 e. The smallest absolute Gasteiger partial charge is 0.255 e. The molecule has 1 N–H and O–H groups in total. The summed E-state index contributed by atoms with van der Waals surface area (Å²) in [6, 6.07) is 12.5. The predicted octanol–water partition coefficient (Wildman–Crippen LogP) is 3.32. The van der Waals surface area contributed by atoms with E-state index in [1.165, 1.54) is 7.11 Å². The van der Waals surface area contributed by atoms with Crippen molar-refractivity contribution in [1.29, 1.82) is 0 Å². The summed E-state index contributed by atoms with van der Waals surface area (Å²) in [6.07, 6.45) is 1.78. The van der Waals surface area contributed by atoms with Gasteiger partial charge in [-0.25, -0.2) is 0 Å². The fourth-order valence-electron chi connectivity index (χ4n) is 3.42. The van der Waals surface area contributed by atoms with Crippen molar-refractivity contribution in [2.24, 2.45) is 0 Å². The molecule has 2 aromatic rings. The normalized spacial score (nSPS) is 14.4. The van der Waals surface area contributed by atoms with Gasteiger partial charge in [0.05, 0.1) is 26.2 Å². The number of amides is 2. The minimum atomic E-state index is -0.215. The number of rotatable bonds is 6. The molecule has 0 aliphatic carbocycles. The van der Waals surface area contributed by atoms with Crippen molar-refractivity contribution in [3.8, 4) is 11.5 Å². The topological polar surface area (TPSA) is 67.9 Å². The zero-order valence-corrected chi connectivity index (χ0v) is 17.4. The Morgan fingerprint density at radius 2 is 1.76 bits per heavy atom. The van der Waals surface area contributed by atoms with Crippen LogP contribution in [0.4, 0.5) is 0 Å². The second kappa shape index (κ2) is 9.65. The number of halogens is 1.